The summed E-state index contributed by atoms with van der Waals surface area (Å²) in [6.45, 7) is 4.18. The molecular formula is C13H17N3O. The van der Waals surface area contributed by atoms with Crippen molar-refractivity contribution >= 4 is 16.9 Å². The first-order valence-corrected chi connectivity index (χ1v) is 5.71. The predicted octanol–water partition coefficient (Wildman–Crippen LogP) is 2.20. The van der Waals surface area contributed by atoms with Gasteiger partial charge in [-0.3, -0.25) is 0 Å². The lowest BCUT2D eigenvalue weighted by atomic mass is 10.0. The Kier molecular flexibility index (Phi) is 3.24. The SMILES string of the molecule is CC(C)(CCO)Nc1ncc2ccccc2n1. The lowest BCUT2D eigenvalue weighted by Gasteiger charge is -2.25. The van der Waals surface area contributed by atoms with Gasteiger partial charge in [-0.1, -0.05) is 18.2 Å². The third-order valence-electron chi connectivity index (χ3n) is 2.68. The highest BCUT2D eigenvalue weighted by Crippen LogP contribution is 2.17. The summed E-state index contributed by atoms with van der Waals surface area (Å²) in [5.41, 5.74) is 0.710. The fraction of sp³-hybridized carbons (Fsp3) is 0.385. The van der Waals surface area contributed by atoms with Crippen LogP contribution in [0, 0.1) is 0 Å². The van der Waals surface area contributed by atoms with Crippen LogP contribution in [0.5, 0.6) is 0 Å². The van der Waals surface area contributed by atoms with Gasteiger partial charge in [-0.15, -0.1) is 0 Å². The van der Waals surface area contributed by atoms with Crippen LogP contribution in [0.2, 0.25) is 0 Å². The summed E-state index contributed by atoms with van der Waals surface area (Å²) in [6, 6.07) is 7.87. The molecule has 4 nitrogen and oxygen atoms in total. The van der Waals surface area contributed by atoms with Crippen LogP contribution in [0.15, 0.2) is 30.5 Å². The number of hydrogen-bond acceptors (Lipinski definition) is 4. The van der Waals surface area contributed by atoms with E-state index in [0.29, 0.717) is 12.4 Å². The normalized spacial score (nSPS) is 11.7. The van der Waals surface area contributed by atoms with E-state index in [9.17, 15) is 0 Å². The lowest BCUT2D eigenvalue weighted by Crippen LogP contribution is -2.32. The van der Waals surface area contributed by atoms with Crippen molar-refractivity contribution in [3.63, 3.8) is 0 Å². The molecule has 0 aliphatic heterocycles. The summed E-state index contributed by atoms with van der Waals surface area (Å²) in [5, 5.41) is 13.2. The predicted molar refractivity (Wildman–Crippen MR) is 68.9 cm³/mol. The van der Waals surface area contributed by atoms with Gasteiger partial charge in [0.25, 0.3) is 0 Å². The van der Waals surface area contributed by atoms with E-state index < -0.39 is 0 Å². The summed E-state index contributed by atoms with van der Waals surface area (Å²) in [4.78, 5) is 8.71. The number of nitrogens with zero attached hydrogens (tertiary/aromatic N) is 2. The zero-order valence-electron chi connectivity index (χ0n) is 10.1. The van der Waals surface area contributed by atoms with Crippen LogP contribution in [0.1, 0.15) is 20.3 Å². The van der Waals surface area contributed by atoms with Gasteiger partial charge in [-0.05, 0) is 26.3 Å². The molecule has 4 heteroatoms. The number of fused-ring (bicyclic) bond motifs is 1. The van der Waals surface area contributed by atoms with Gasteiger partial charge >= 0.3 is 0 Å². The molecule has 0 saturated heterocycles. The van der Waals surface area contributed by atoms with Crippen molar-refractivity contribution in [3.8, 4) is 0 Å². The molecule has 2 rings (SSSR count). The molecule has 1 aromatic heterocycles. The highest BCUT2D eigenvalue weighted by atomic mass is 16.3. The third kappa shape index (κ3) is 2.91. The third-order valence-corrected chi connectivity index (χ3v) is 2.68. The van der Waals surface area contributed by atoms with Gasteiger partial charge in [-0.2, -0.15) is 0 Å². The molecule has 90 valence electrons. The largest absolute Gasteiger partial charge is 0.396 e. The monoisotopic (exact) mass is 231 g/mol. The molecular weight excluding hydrogens is 214 g/mol. The number of aliphatic hydroxyl groups is 1. The average molecular weight is 231 g/mol. The maximum absolute atomic E-state index is 8.97. The number of para-hydroxylation sites is 1. The first kappa shape index (κ1) is 11.8. The Hall–Kier alpha value is -1.68. The molecule has 17 heavy (non-hydrogen) atoms. The van der Waals surface area contributed by atoms with E-state index in [0.717, 1.165) is 10.9 Å². The van der Waals surface area contributed by atoms with Crippen molar-refractivity contribution in [2.45, 2.75) is 25.8 Å². The van der Waals surface area contributed by atoms with Crippen molar-refractivity contribution < 1.29 is 5.11 Å². The van der Waals surface area contributed by atoms with Crippen LogP contribution < -0.4 is 5.32 Å². The smallest absolute Gasteiger partial charge is 0.223 e. The van der Waals surface area contributed by atoms with E-state index in [-0.39, 0.29) is 12.1 Å². The first-order chi connectivity index (χ1) is 8.11. The number of nitrogens with one attached hydrogen (secondary N) is 1. The standard InChI is InChI=1S/C13H17N3O/c1-13(2,7-8-17)16-12-14-9-10-5-3-4-6-11(10)15-12/h3-6,9,17H,7-8H2,1-2H3,(H,14,15,16). The van der Waals surface area contributed by atoms with Crippen LogP contribution in [0.3, 0.4) is 0 Å². The topological polar surface area (TPSA) is 58.0 Å². The van der Waals surface area contributed by atoms with Gasteiger partial charge in [0.2, 0.25) is 5.95 Å². The second-order valence-corrected chi connectivity index (χ2v) is 4.73. The van der Waals surface area contributed by atoms with Crippen LogP contribution in [-0.4, -0.2) is 27.2 Å². The van der Waals surface area contributed by atoms with E-state index in [1.165, 1.54) is 0 Å². The fourth-order valence-corrected chi connectivity index (χ4v) is 1.68. The molecule has 0 radical (unpaired) electrons. The molecule has 0 aliphatic rings. The van der Waals surface area contributed by atoms with E-state index >= 15 is 0 Å². The molecule has 0 unspecified atom stereocenters. The van der Waals surface area contributed by atoms with Crippen molar-refractivity contribution in [1.82, 2.24) is 9.97 Å². The number of hydrogen-bond donors (Lipinski definition) is 2. The molecule has 2 N–H and O–H groups in total. The van der Waals surface area contributed by atoms with Crippen molar-refractivity contribution in [2.75, 3.05) is 11.9 Å². The van der Waals surface area contributed by atoms with Crippen LogP contribution in [0.4, 0.5) is 5.95 Å². The summed E-state index contributed by atoms with van der Waals surface area (Å²) in [5.74, 6) is 0.599. The quantitative estimate of drug-likeness (QED) is 0.847. The molecule has 0 saturated carbocycles. The minimum Gasteiger partial charge on any atom is -0.396 e. The van der Waals surface area contributed by atoms with Crippen molar-refractivity contribution in [3.05, 3.63) is 30.5 Å². The van der Waals surface area contributed by atoms with Crippen LogP contribution in [0.25, 0.3) is 10.9 Å². The van der Waals surface area contributed by atoms with Gasteiger partial charge in [-0.25, -0.2) is 9.97 Å². The Balaban J connectivity index is 2.25. The van der Waals surface area contributed by atoms with E-state index in [4.69, 9.17) is 5.11 Å². The highest BCUT2D eigenvalue weighted by molar-refractivity contribution is 5.78. The zero-order chi connectivity index (χ0) is 12.3. The summed E-state index contributed by atoms with van der Waals surface area (Å²) < 4.78 is 0. The second-order valence-electron chi connectivity index (χ2n) is 4.73. The van der Waals surface area contributed by atoms with Gasteiger partial charge in [0.1, 0.15) is 0 Å². The maximum Gasteiger partial charge on any atom is 0.223 e. The Bertz CT molecular complexity index is 511. The van der Waals surface area contributed by atoms with Crippen molar-refractivity contribution in [1.29, 1.82) is 0 Å². The molecule has 0 amide bonds. The number of anilines is 1. The van der Waals surface area contributed by atoms with Crippen LogP contribution in [-0.2, 0) is 0 Å². The minimum atomic E-state index is -0.211. The van der Waals surface area contributed by atoms with E-state index in [1.807, 2.05) is 38.1 Å². The minimum absolute atomic E-state index is 0.146. The molecule has 0 bridgehead atoms. The summed E-state index contributed by atoms with van der Waals surface area (Å²) in [7, 11) is 0. The van der Waals surface area contributed by atoms with E-state index in [1.54, 1.807) is 6.20 Å². The summed E-state index contributed by atoms with van der Waals surface area (Å²) >= 11 is 0. The second kappa shape index (κ2) is 4.67. The number of aliphatic hydroxyl groups excluding tert-OH is 1. The van der Waals surface area contributed by atoms with Gasteiger partial charge in [0, 0.05) is 23.7 Å². The van der Waals surface area contributed by atoms with Gasteiger partial charge in [0.05, 0.1) is 5.52 Å². The van der Waals surface area contributed by atoms with Crippen molar-refractivity contribution in [2.24, 2.45) is 0 Å². The molecule has 2 aromatic rings. The first-order valence-electron chi connectivity index (χ1n) is 5.71. The number of aromatic nitrogens is 2. The molecule has 0 spiro atoms. The van der Waals surface area contributed by atoms with Gasteiger partial charge < -0.3 is 10.4 Å². The molecule has 1 aromatic carbocycles. The zero-order valence-corrected chi connectivity index (χ0v) is 10.1. The Morgan fingerprint density at radius 2 is 2.06 bits per heavy atom. The Labute approximate surface area is 101 Å². The molecule has 0 aliphatic carbocycles. The Morgan fingerprint density at radius 3 is 2.82 bits per heavy atom. The molecule has 0 atom stereocenters. The average Bonchev–Trinajstić information content (AvgIpc) is 2.28. The highest BCUT2D eigenvalue weighted by Gasteiger charge is 2.17. The number of rotatable bonds is 4. The molecule has 0 fully saturated rings. The van der Waals surface area contributed by atoms with Gasteiger partial charge in [0.15, 0.2) is 0 Å². The Morgan fingerprint density at radius 1 is 1.29 bits per heavy atom. The lowest BCUT2D eigenvalue weighted by molar-refractivity contribution is 0.260. The maximum atomic E-state index is 8.97. The summed E-state index contributed by atoms with van der Waals surface area (Å²) in [6.07, 6.45) is 2.46. The molecule has 1 heterocycles. The number of benzene rings is 1. The van der Waals surface area contributed by atoms with Crippen LogP contribution >= 0.6 is 0 Å². The van der Waals surface area contributed by atoms with E-state index in [2.05, 4.69) is 15.3 Å². The fourth-order valence-electron chi connectivity index (χ4n) is 1.68.